The number of amides is 4. The summed E-state index contributed by atoms with van der Waals surface area (Å²) < 4.78 is 24.5. The van der Waals surface area contributed by atoms with E-state index in [4.69, 9.17) is 44.3 Å². The maximum absolute atomic E-state index is 13.3. The molecule has 1 aliphatic heterocycles. The second-order valence-corrected chi connectivity index (χ2v) is 8.74. The Morgan fingerprint density at radius 3 is 2.36 bits per heavy atom. The lowest BCUT2D eigenvalue weighted by molar-refractivity contribution is -0.122. The monoisotopic (exact) mass is 548 g/mol. The number of urea groups is 1. The number of carbonyl (C=O) groups excluding carboxylic acids is 3. The van der Waals surface area contributed by atoms with E-state index in [9.17, 15) is 18.8 Å². The average Bonchev–Trinajstić information content (AvgIpc) is 2.83. The molecule has 1 aliphatic rings. The second-order valence-electron chi connectivity index (χ2n) is 7.49. The fraction of sp³-hybridized carbons (Fsp3) is 0.0800. The number of halogens is 4. The van der Waals surface area contributed by atoms with Gasteiger partial charge in [-0.25, -0.2) is 14.1 Å². The molecule has 0 aromatic heterocycles. The molecule has 36 heavy (non-hydrogen) atoms. The van der Waals surface area contributed by atoms with Crippen LogP contribution >= 0.6 is 34.8 Å². The van der Waals surface area contributed by atoms with E-state index in [-0.39, 0.29) is 34.4 Å². The normalized spacial score (nSPS) is 14.8. The van der Waals surface area contributed by atoms with Gasteiger partial charge in [-0.15, -0.1) is 0 Å². The molecule has 0 saturated carbocycles. The molecule has 3 aromatic rings. The number of ether oxygens (including phenoxy) is 2. The molecule has 0 radical (unpaired) electrons. The van der Waals surface area contributed by atoms with Crippen LogP contribution in [-0.4, -0.2) is 25.0 Å². The van der Waals surface area contributed by atoms with E-state index in [1.165, 1.54) is 37.5 Å². The molecule has 1 heterocycles. The van der Waals surface area contributed by atoms with Crippen molar-refractivity contribution >= 4 is 64.4 Å². The Labute approximate surface area is 220 Å². The molecular weight excluding hydrogens is 534 g/mol. The van der Waals surface area contributed by atoms with Crippen molar-refractivity contribution in [3.63, 3.8) is 0 Å². The van der Waals surface area contributed by atoms with E-state index in [1.807, 2.05) is 0 Å². The molecule has 0 bridgehead atoms. The Kier molecular flexibility index (Phi) is 7.49. The summed E-state index contributed by atoms with van der Waals surface area (Å²) in [5.41, 5.74) is 0.761. The Morgan fingerprint density at radius 2 is 1.69 bits per heavy atom. The highest BCUT2D eigenvalue weighted by Crippen LogP contribution is 2.38. The van der Waals surface area contributed by atoms with Gasteiger partial charge >= 0.3 is 6.03 Å². The molecule has 7 nitrogen and oxygen atoms in total. The summed E-state index contributed by atoms with van der Waals surface area (Å²) in [6.45, 7) is 0.0716. The molecule has 184 valence electrons. The number of rotatable bonds is 6. The molecule has 1 saturated heterocycles. The SMILES string of the molecule is COc1cc(/C=C2\C(=O)NC(=O)N(c3ccc(F)cc3)C2=O)cc(Cl)c1OCc1ccc(Cl)cc1Cl. The van der Waals surface area contributed by atoms with Gasteiger partial charge in [0.05, 0.1) is 17.8 Å². The quantitative estimate of drug-likeness (QED) is 0.299. The number of carbonyl (C=O) groups is 3. The third-order valence-electron chi connectivity index (χ3n) is 5.14. The highest BCUT2D eigenvalue weighted by atomic mass is 35.5. The smallest absolute Gasteiger partial charge is 0.335 e. The molecule has 0 atom stereocenters. The maximum Gasteiger partial charge on any atom is 0.335 e. The van der Waals surface area contributed by atoms with Crippen LogP contribution in [0.25, 0.3) is 6.08 Å². The molecule has 3 aromatic carbocycles. The van der Waals surface area contributed by atoms with Crippen molar-refractivity contribution in [3.05, 3.63) is 92.2 Å². The van der Waals surface area contributed by atoms with Crippen LogP contribution in [0.2, 0.25) is 15.1 Å². The lowest BCUT2D eigenvalue weighted by Gasteiger charge is -2.26. The highest BCUT2D eigenvalue weighted by molar-refractivity contribution is 6.39. The highest BCUT2D eigenvalue weighted by Gasteiger charge is 2.36. The van der Waals surface area contributed by atoms with Crippen LogP contribution in [0, 0.1) is 5.82 Å². The minimum Gasteiger partial charge on any atom is -0.493 e. The summed E-state index contributed by atoms with van der Waals surface area (Å²) in [6, 6.07) is 11.7. The Bertz CT molecular complexity index is 1410. The lowest BCUT2D eigenvalue weighted by atomic mass is 10.1. The predicted octanol–water partition coefficient (Wildman–Crippen LogP) is 6.04. The second kappa shape index (κ2) is 10.6. The number of methoxy groups -OCH3 is 1. The fourth-order valence-electron chi connectivity index (χ4n) is 3.40. The minimum atomic E-state index is -0.950. The van der Waals surface area contributed by atoms with Gasteiger partial charge in [0.15, 0.2) is 11.5 Å². The number of hydrogen-bond donors (Lipinski definition) is 1. The summed E-state index contributed by atoms with van der Waals surface area (Å²) in [7, 11) is 1.40. The molecule has 11 heteroatoms. The van der Waals surface area contributed by atoms with Crippen molar-refractivity contribution in [1.82, 2.24) is 5.32 Å². The van der Waals surface area contributed by atoms with Crippen molar-refractivity contribution in [1.29, 1.82) is 0 Å². The molecule has 1 N–H and O–H groups in total. The van der Waals surface area contributed by atoms with Gasteiger partial charge in [-0.05, 0) is 60.2 Å². The van der Waals surface area contributed by atoms with Crippen LogP contribution in [0.4, 0.5) is 14.9 Å². The van der Waals surface area contributed by atoms with Crippen LogP contribution in [0.5, 0.6) is 11.5 Å². The van der Waals surface area contributed by atoms with E-state index in [0.717, 1.165) is 17.0 Å². The largest absolute Gasteiger partial charge is 0.493 e. The third kappa shape index (κ3) is 5.31. The van der Waals surface area contributed by atoms with E-state index < -0.39 is 23.7 Å². The summed E-state index contributed by atoms with van der Waals surface area (Å²) >= 11 is 18.5. The molecule has 0 unspecified atom stereocenters. The van der Waals surface area contributed by atoms with E-state index in [1.54, 1.807) is 18.2 Å². The Balaban J connectivity index is 1.64. The zero-order valence-electron chi connectivity index (χ0n) is 18.5. The summed E-state index contributed by atoms with van der Waals surface area (Å²) in [6.07, 6.45) is 1.26. The molecule has 0 spiro atoms. The standard InChI is InChI=1S/C25H16Cl3FN2O5/c1-35-21-10-13(9-20(28)22(21)36-12-14-2-3-15(26)11-19(14)27)8-18-23(32)30-25(34)31(24(18)33)17-6-4-16(29)5-7-17/h2-11H,12H2,1H3,(H,30,32,34)/b18-8+. The van der Waals surface area contributed by atoms with E-state index in [2.05, 4.69) is 5.32 Å². The number of anilines is 1. The lowest BCUT2D eigenvalue weighted by Crippen LogP contribution is -2.54. The van der Waals surface area contributed by atoms with E-state index in [0.29, 0.717) is 21.2 Å². The Hall–Kier alpha value is -3.59. The topological polar surface area (TPSA) is 84.9 Å². The summed E-state index contributed by atoms with van der Waals surface area (Å²) in [4.78, 5) is 38.5. The van der Waals surface area contributed by atoms with Gasteiger partial charge in [0.2, 0.25) is 0 Å². The number of nitrogens with one attached hydrogen (secondary N) is 1. The van der Waals surface area contributed by atoms with E-state index >= 15 is 0 Å². The first kappa shape index (κ1) is 25.5. The first-order valence-electron chi connectivity index (χ1n) is 10.3. The van der Waals surface area contributed by atoms with Crippen LogP contribution in [0.3, 0.4) is 0 Å². The molecule has 0 aliphatic carbocycles. The van der Waals surface area contributed by atoms with Gasteiger partial charge < -0.3 is 9.47 Å². The maximum atomic E-state index is 13.3. The van der Waals surface area contributed by atoms with Crippen molar-refractivity contribution in [2.75, 3.05) is 12.0 Å². The predicted molar refractivity (Wildman–Crippen MR) is 134 cm³/mol. The number of barbiturate groups is 1. The zero-order chi connectivity index (χ0) is 26.0. The van der Waals surface area contributed by atoms with Crippen molar-refractivity contribution < 1.29 is 28.2 Å². The van der Waals surface area contributed by atoms with Crippen LogP contribution in [0.15, 0.2) is 60.2 Å². The van der Waals surface area contributed by atoms with Gasteiger partial charge in [-0.3, -0.25) is 14.9 Å². The first-order valence-corrected chi connectivity index (χ1v) is 11.4. The summed E-state index contributed by atoms with van der Waals surface area (Å²) in [5, 5.41) is 3.14. The van der Waals surface area contributed by atoms with Crippen molar-refractivity contribution in [2.24, 2.45) is 0 Å². The van der Waals surface area contributed by atoms with Crippen LogP contribution in [0.1, 0.15) is 11.1 Å². The Morgan fingerprint density at radius 1 is 0.972 bits per heavy atom. The molecule has 4 rings (SSSR count). The molecular formula is C25H16Cl3FN2O5. The van der Waals surface area contributed by atoms with Crippen LogP contribution in [-0.2, 0) is 16.2 Å². The zero-order valence-corrected chi connectivity index (χ0v) is 20.7. The first-order chi connectivity index (χ1) is 17.2. The minimum absolute atomic E-state index is 0.0716. The van der Waals surface area contributed by atoms with Gasteiger partial charge in [-0.2, -0.15) is 0 Å². The molecule has 1 fully saturated rings. The van der Waals surface area contributed by atoms with Gasteiger partial charge in [0, 0.05) is 15.6 Å². The number of hydrogen-bond acceptors (Lipinski definition) is 5. The van der Waals surface area contributed by atoms with Gasteiger partial charge in [-0.1, -0.05) is 40.9 Å². The third-order valence-corrected chi connectivity index (χ3v) is 6.00. The number of nitrogens with zero attached hydrogens (tertiary/aromatic N) is 1. The van der Waals surface area contributed by atoms with Crippen LogP contribution < -0.4 is 19.7 Å². The number of benzene rings is 3. The molecule has 4 amide bonds. The van der Waals surface area contributed by atoms with Gasteiger partial charge in [0.25, 0.3) is 11.8 Å². The fourth-order valence-corrected chi connectivity index (χ4v) is 4.14. The van der Waals surface area contributed by atoms with Crippen molar-refractivity contribution in [2.45, 2.75) is 6.61 Å². The number of imide groups is 2. The van der Waals surface area contributed by atoms with Crippen molar-refractivity contribution in [3.8, 4) is 11.5 Å². The van der Waals surface area contributed by atoms with Gasteiger partial charge in [0.1, 0.15) is 18.0 Å². The average molecular weight is 550 g/mol. The summed E-state index contributed by atoms with van der Waals surface area (Å²) in [5.74, 6) is -1.87.